The zero-order valence-electron chi connectivity index (χ0n) is 20.6. The molecule has 0 aromatic heterocycles. The summed E-state index contributed by atoms with van der Waals surface area (Å²) >= 11 is 0. The summed E-state index contributed by atoms with van der Waals surface area (Å²) < 4.78 is 59.0. The van der Waals surface area contributed by atoms with Crippen molar-refractivity contribution in [2.45, 2.75) is 56.1 Å². The number of alkyl halides is 4. The van der Waals surface area contributed by atoms with E-state index < -0.39 is 64.5 Å². The van der Waals surface area contributed by atoms with E-state index in [4.69, 9.17) is 12.2 Å². The number of hydrogen-bond donors (Lipinski definition) is 2. The number of fused-ring (bicyclic) bond motifs is 2. The minimum Gasteiger partial charge on any atom is -0.405 e. The third-order valence-corrected chi connectivity index (χ3v) is 6.85. The van der Waals surface area contributed by atoms with Crippen molar-refractivity contribution in [3.8, 4) is 18.1 Å². The summed E-state index contributed by atoms with van der Waals surface area (Å²) in [6, 6.07) is 9.14. The van der Waals surface area contributed by atoms with Crippen LogP contribution in [0.4, 0.5) is 23.2 Å². The van der Waals surface area contributed by atoms with Crippen LogP contribution in [0.5, 0.6) is 5.75 Å². The summed E-state index contributed by atoms with van der Waals surface area (Å²) in [6.07, 6.45) is -0.00193. The van der Waals surface area contributed by atoms with Crippen molar-refractivity contribution >= 4 is 23.4 Å². The number of carbonyl (C=O) groups is 3. The number of nitrogens with two attached hydrogens (primary N) is 1. The Morgan fingerprint density at radius 1 is 1.21 bits per heavy atom. The molecular formula is C27H25F4N3O4. The maximum absolute atomic E-state index is 15.1. The van der Waals surface area contributed by atoms with Gasteiger partial charge in [-0.3, -0.25) is 14.4 Å². The molecule has 3 atom stereocenters. The van der Waals surface area contributed by atoms with E-state index in [1.807, 2.05) is 0 Å². The van der Waals surface area contributed by atoms with Crippen molar-refractivity contribution in [1.82, 2.24) is 4.90 Å². The molecule has 3 N–H and O–H groups in total. The molecule has 200 valence electrons. The van der Waals surface area contributed by atoms with Gasteiger partial charge in [0, 0.05) is 23.4 Å². The molecule has 4 rings (SSSR count). The molecule has 2 aliphatic rings. The van der Waals surface area contributed by atoms with Crippen LogP contribution in [0.15, 0.2) is 42.5 Å². The van der Waals surface area contributed by atoms with E-state index in [-0.39, 0.29) is 18.9 Å². The van der Waals surface area contributed by atoms with Crippen molar-refractivity contribution in [2.75, 3.05) is 11.9 Å². The molecular weight excluding hydrogens is 506 g/mol. The molecule has 11 heteroatoms. The number of para-hydroxylation sites is 1. The van der Waals surface area contributed by atoms with Crippen LogP contribution in [0.1, 0.15) is 54.1 Å². The first-order valence-electron chi connectivity index (χ1n) is 11.7. The van der Waals surface area contributed by atoms with E-state index >= 15 is 4.39 Å². The molecule has 1 spiro atoms. The van der Waals surface area contributed by atoms with Gasteiger partial charge in [0.2, 0.25) is 17.7 Å². The minimum absolute atomic E-state index is 0.0488. The van der Waals surface area contributed by atoms with Gasteiger partial charge in [0.1, 0.15) is 11.4 Å². The lowest BCUT2D eigenvalue weighted by Crippen LogP contribution is -2.43. The third-order valence-electron chi connectivity index (χ3n) is 6.85. The first-order chi connectivity index (χ1) is 17.7. The SMILES string of the molecule is C#C[C@@H]1C[C@@]2(CN1C(=O)[C@@H](CC(C)(C)F)c1c(OC(F)(F)F)cccc1C(N)=O)C(=O)Nc1ccccc12. The highest BCUT2D eigenvalue weighted by Gasteiger charge is 2.56. The zero-order valence-corrected chi connectivity index (χ0v) is 20.6. The Kier molecular flexibility index (Phi) is 6.64. The van der Waals surface area contributed by atoms with Gasteiger partial charge in [0.15, 0.2) is 0 Å². The van der Waals surface area contributed by atoms with Crippen molar-refractivity contribution < 1.29 is 36.7 Å². The Bertz CT molecular complexity index is 1350. The summed E-state index contributed by atoms with van der Waals surface area (Å²) in [6.45, 7) is 2.10. The highest BCUT2D eigenvalue weighted by Crippen LogP contribution is 2.48. The number of primary amides is 1. The number of rotatable bonds is 6. The Morgan fingerprint density at radius 3 is 2.50 bits per heavy atom. The van der Waals surface area contributed by atoms with E-state index in [1.54, 1.807) is 24.3 Å². The van der Waals surface area contributed by atoms with Gasteiger partial charge in [-0.25, -0.2) is 4.39 Å². The fraction of sp³-hybridized carbons (Fsp3) is 0.370. The van der Waals surface area contributed by atoms with Crippen LogP contribution in [-0.2, 0) is 15.0 Å². The number of anilines is 1. The van der Waals surface area contributed by atoms with E-state index in [0.717, 1.165) is 32.0 Å². The second kappa shape index (κ2) is 9.35. The summed E-state index contributed by atoms with van der Waals surface area (Å²) in [7, 11) is 0. The molecule has 2 aromatic rings. The lowest BCUT2D eigenvalue weighted by molar-refractivity contribution is -0.275. The molecule has 3 amide bonds. The zero-order chi connectivity index (χ0) is 28.0. The van der Waals surface area contributed by atoms with Gasteiger partial charge in [-0.2, -0.15) is 0 Å². The normalized spacial score (nSPS) is 21.6. The first-order valence-corrected chi connectivity index (χ1v) is 11.7. The summed E-state index contributed by atoms with van der Waals surface area (Å²) in [5.74, 6) is -2.37. The number of likely N-dealkylation sites (tertiary alicyclic amines) is 1. The van der Waals surface area contributed by atoms with Crippen molar-refractivity contribution in [1.29, 1.82) is 0 Å². The Labute approximate surface area is 216 Å². The van der Waals surface area contributed by atoms with Gasteiger partial charge in [0.25, 0.3) is 0 Å². The van der Waals surface area contributed by atoms with E-state index in [0.29, 0.717) is 11.3 Å². The molecule has 2 aliphatic heterocycles. The van der Waals surface area contributed by atoms with E-state index in [2.05, 4.69) is 16.0 Å². The fourth-order valence-corrected chi connectivity index (χ4v) is 5.35. The first kappa shape index (κ1) is 27.0. The smallest absolute Gasteiger partial charge is 0.405 e. The molecule has 0 unspecified atom stereocenters. The fourth-order valence-electron chi connectivity index (χ4n) is 5.35. The highest BCUT2D eigenvalue weighted by atomic mass is 19.4. The van der Waals surface area contributed by atoms with Crippen molar-refractivity contribution in [3.63, 3.8) is 0 Å². The van der Waals surface area contributed by atoms with Crippen LogP contribution in [0, 0.1) is 12.3 Å². The van der Waals surface area contributed by atoms with E-state index in [1.165, 1.54) is 4.90 Å². The third kappa shape index (κ3) is 4.90. The molecule has 1 saturated heterocycles. The molecule has 7 nitrogen and oxygen atoms in total. The predicted molar refractivity (Wildman–Crippen MR) is 130 cm³/mol. The number of ether oxygens (including phenoxy) is 1. The van der Waals surface area contributed by atoms with E-state index in [9.17, 15) is 27.6 Å². The Hall–Kier alpha value is -4.07. The van der Waals surface area contributed by atoms with Crippen LogP contribution in [0.3, 0.4) is 0 Å². The summed E-state index contributed by atoms with van der Waals surface area (Å²) in [4.78, 5) is 40.6. The standard InChI is InChI=1S/C27H25F4N3O4/c1-4-15-12-26(18-9-5-6-10-19(18)33-24(26)37)14-34(15)23(36)17(13-25(2,3)28)21-16(22(32)35)8-7-11-20(21)38-27(29,30)31/h1,5-11,15,17H,12-14H2,2-3H3,(H2,32,35)(H,33,37)/t15-,17+,26+/m1/s1. The number of amides is 3. The second-order valence-corrected chi connectivity index (χ2v) is 10.0. The lowest BCUT2D eigenvalue weighted by atomic mass is 9.79. The van der Waals surface area contributed by atoms with Crippen LogP contribution in [-0.4, -0.2) is 47.2 Å². The number of benzene rings is 2. The van der Waals surface area contributed by atoms with Gasteiger partial charge >= 0.3 is 6.36 Å². The van der Waals surface area contributed by atoms with Crippen LogP contribution >= 0.6 is 0 Å². The molecule has 1 fully saturated rings. The van der Waals surface area contributed by atoms with Gasteiger partial charge in [0.05, 0.1) is 17.4 Å². The molecule has 38 heavy (non-hydrogen) atoms. The molecule has 0 bridgehead atoms. The van der Waals surface area contributed by atoms with Crippen molar-refractivity contribution in [2.24, 2.45) is 5.73 Å². The largest absolute Gasteiger partial charge is 0.573 e. The highest BCUT2D eigenvalue weighted by molar-refractivity contribution is 6.07. The molecule has 0 saturated carbocycles. The van der Waals surface area contributed by atoms with Crippen LogP contribution in [0.25, 0.3) is 0 Å². The molecule has 2 heterocycles. The monoisotopic (exact) mass is 531 g/mol. The molecule has 2 aromatic carbocycles. The summed E-state index contributed by atoms with van der Waals surface area (Å²) in [5.41, 5.74) is 2.43. The number of carbonyl (C=O) groups excluding carboxylic acids is 3. The maximum Gasteiger partial charge on any atom is 0.573 e. The minimum atomic E-state index is -5.17. The maximum atomic E-state index is 15.1. The topological polar surface area (TPSA) is 102 Å². The number of nitrogens with zero attached hydrogens (tertiary/aromatic N) is 1. The Balaban J connectivity index is 1.84. The molecule has 0 aliphatic carbocycles. The number of nitrogens with one attached hydrogen (secondary N) is 1. The summed E-state index contributed by atoms with van der Waals surface area (Å²) in [5, 5.41) is 2.78. The number of hydrogen-bond acceptors (Lipinski definition) is 4. The van der Waals surface area contributed by atoms with Gasteiger partial charge in [-0.15, -0.1) is 19.6 Å². The van der Waals surface area contributed by atoms with Crippen LogP contribution < -0.4 is 15.8 Å². The number of terminal acetylenes is 1. The van der Waals surface area contributed by atoms with Crippen molar-refractivity contribution in [3.05, 3.63) is 59.2 Å². The van der Waals surface area contributed by atoms with Gasteiger partial charge in [-0.1, -0.05) is 30.2 Å². The lowest BCUT2D eigenvalue weighted by Gasteiger charge is -2.31. The second-order valence-electron chi connectivity index (χ2n) is 10.0. The number of halogens is 4. The predicted octanol–water partition coefficient (Wildman–Crippen LogP) is 4.03. The average Bonchev–Trinajstić information content (AvgIpc) is 3.34. The average molecular weight is 532 g/mol. The van der Waals surface area contributed by atoms with Crippen LogP contribution in [0.2, 0.25) is 0 Å². The Morgan fingerprint density at radius 2 is 1.89 bits per heavy atom. The molecule has 0 radical (unpaired) electrons. The quantitative estimate of drug-likeness (QED) is 0.434. The van der Waals surface area contributed by atoms with Gasteiger partial charge < -0.3 is 20.7 Å². The van der Waals surface area contributed by atoms with Gasteiger partial charge in [-0.05, 0) is 50.5 Å².